The van der Waals surface area contributed by atoms with E-state index in [0.717, 1.165) is 31.7 Å². The second-order valence-electron chi connectivity index (χ2n) is 4.73. The number of hydrogen-bond acceptors (Lipinski definition) is 4. The number of rotatable bonds is 1. The molecule has 90 valence electrons. The van der Waals surface area contributed by atoms with Crippen LogP contribution in [0.2, 0.25) is 0 Å². The molecule has 17 heavy (non-hydrogen) atoms. The molecule has 1 aromatic carbocycles. The van der Waals surface area contributed by atoms with Crippen LogP contribution in [0.15, 0.2) is 35.3 Å². The molecule has 4 nitrogen and oxygen atoms in total. The lowest BCUT2D eigenvalue weighted by atomic mass is 9.91. The molecule has 0 radical (unpaired) electrons. The summed E-state index contributed by atoms with van der Waals surface area (Å²) in [5.74, 6) is 0.613. The average molecular weight is 231 g/mol. The highest BCUT2D eigenvalue weighted by atomic mass is 16.5. The smallest absolute Gasteiger partial charge is 0.196 e. The van der Waals surface area contributed by atoms with Crippen molar-refractivity contribution in [3.05, 3.63) is 30.3 Å². The zero-order valence-electron chi connectivity index (χ0n) is 9.80. The monoisotopic (exact) mass is 231 g/mol. The Hall–Kier alpha value is -1.55. The second kappa shape index (κ2) is 4.04. The van der Waals surface area contributed by atoms with E-state index in [1.165, 1.54) is 0 Å². The number of nitrogens with two attached hydrogens (primary N) is 1. The number of hydrogen-bond donors (Lipinski definition) is 1. The van der Waals surface area contributed by atoms with Crippen molar-refractivity contribution in [2.75, 3.05) is 24.7 Å². The van der Waals surface area contributed by atoms with Crippen molar-refractivity contribution < 1.29 is 4.74 Å². The molecule has 2 aliphatic rings. The molecule has 2 aliphatic heterocycles. The van der Waals surface area contributed by atoms with Gasteiger partial charge >= 0.3 is 0 Å². The van der Waals surface area contributed by atoms with Gasteiger partial charge in [-0.25, -0.2) is 0 Å². The van der Waals surface area contributed by atoms with Gasteiger partial charge in [-0.1, -0.05) is 18.2 Å². The van der Waals surface area contributed by atoms with Crippen LogP contribution in [0.25, 0.3) is 0 Å². The highest BCUT2D eigenvalue weighted by Crippen LogP contribution is 2.34. The van der Waals surface area contributed by atoms with E-state index in [0.29, 0.717) is 12.6 Å². The fraction of sp³-hybridized carbons (Fsp3) is 0.462. The standard InChI is InChI=1S/C13H17N3O/c14-12-15-9-13(7-4-8-17-10-13)16(12)11-5-2-1-3-6-11/h1-3,5-6H,4,7-10H2,(H2,14,15). The number of anilines is 1. The van der Waals surface area contributed by atoms with Crippen molar-refractivity contribution in [3.63, 3.8) is 0 Å². The van der Waals surface area contributed by atoms with E-state index in [1.807, 2.05) is 18.2 Å². The Labute approximate surface area is 101 Å². The maximum absolute atomic E-state index is 6.04. The molecule has 0 aliphatic carbocycles. The minimum Gasteiger partial charge on any atom is -0.379 e. The second-order valence-corrected chi connectivity index (χ2v) is 4.73. The number of aliphatic imine (C=N–C) groups is 1. The highest BCUT2D eigenvalue weighted by molar-refractivity contribution is 5.98. The fourth-order valence-corrected chi connectivity index (χ4v) is 2.73. The fourth-order valence-electron chi connectivity index (χ4n) is 2.73. The van der Waals surface area contributed by atoms with Gasteiger partial charge in [0.25, 0.3) is 0 Å². The zero-order chi connectivity index (χ0) is 11.7. The third-order valence-corrected chi connectivity index (χ3v) is 3.55. The van der Waals surface area contributed by atoms with E-state index in [4.69, 9.17) is 10.5 Å². The Balaban J connectivity index is 1.96. The highest BCUT2D eigenvalue weighted by Gasteiger charge is 2.44. The lowest BCUT2D eigenvalue weighted by Crippen LogP contribution is -2.56. The number of ether oxygens (including phenoxy) is 1. The van der Waals surface area contributed by atoms with Crippen molar-refractivity contribution in [2.45, 2.75) is 18.4 Å². The van der Waals surface area contributed by atoms with Crippen molar-refractivity contribution in [1.82, 2.24) is 0 Å². The van der Waals surface area contributed by atoms with Crippen LogP contribution in [-0.4, -0.2) is 31.3 Å². The van der Waals surface area contributed by atoms with E-state index < -0.39 is 0 Å². The third-order valence-electron chi connectivity index (χ3n) is 3.55. The van der Waals surface area contributed by atoms with Crippen molar-refractivity contribution in [1.29, 1.82) is 0 Å². The summed E-state index contributed by atoms with van der Waals surface area (Å²) >= 11 is 0. The Kier molecular flexibility index (Phi) is 2.52. The Morgan fingerprint density at radius 3 is 2.82 bits per heavy atom. The van der Waals surface area contributed by atoms with E-state index >= 15 is 0 Å². The first-order valence-corrected chi connectivity index (χ1v) is 6.05. The van der Waals surface area contributed by atoms with Crippen molar-refractivity contribution in [3.8, 4) is 0 Å². The van der Waals surface area contributed by atoms with Gasteiger partial charge in [-0.2, -0.15) is 0 Å². The van der Waals surface area contributed by atoms with Crippen LogP contribution in [0.4, 0.5) is 5.69 Å². The summed E-state index contributed by atoms with van der Waals surface area (Å²) in [6, 6.07) is 10.2. The minimum atomic E-state index is -0.0519. The van der Waals surface area contributed by atoms with Gasteiger partial charge in [0.1, 0.15) is 0 Å². The molecule has 2 N–H and O–H groups in total. The molecule has 2 heterocycles. The van der Waals surface area contributed by atoms with Crippen molar-refractivity contribution in [2.24, 2.45) is 10.7 Å². The summed E-state index contributed by atoms with van der Waals surface area (Å²) in [4.78, 5) is 6.56. The first-order chi connectivity index (χ1) is 8.32. The van der Waals surface area contributed by atoms with Gasteiger partial charge < -0.3 is 15.4 Å². The molecular weight excluding hydrogens is 214 g/mol. The number of nitrogens with zero attached hydrogens (tertiary/aromatic N) is 2. The van der Waals surface area contributed by atoms with Gasteiger partial charge in [0.15, 0.2) is 5.96 Å². The molecule has 1 spiro atoms. The third kappa shape index (κ3) is 1.69. The predicted octanol–water partition coefficient (Wildman–Crippen LogP) is 1.37. The van der Waals surface area contributed by atoms with Crippen LogP contribution >= 0.6 is 0 Å². The molecule has 0 bridgehead atoms. The van der Waals surface area contributed by atoms with Crippen LogP contribution < -0.4 is 10.6 Å². The molecule has 1 fully saturated rings. The molecule has 3 rings (SSSR count). The minimum absolute atomic E-state index is 0.0519. The summed E-state index contributed by atoms with van der Waals surface area (Å²) in [6.07, 6.45) is 2.16. The normalized spacial score (nSPS) is 28.5. The van der Waals surface area contributed by atoms with Crippen LogP contribution in [0.5, 0.6) is 0 Å². The lowest BCUT2D eigenvalue weighted by Gasteiger charge is -2.41. The summed E-state index contributed by atoms with van der Waals surface area (Å²) < 4.78 is 5.64. The Morgan fingerprint density at radius 1 is 1.29 bits per heavy atom. The molecule has 4 heteroatoms. The number of benzene rings is 1. The number of para-hydroxylation sites is 1. The van der Waals surface area contributed by atoms with Gasteiger partial charge in [-0.05, 0) is 25.0 Å². The quantitative estimate of drug-likeness (QED) is 0.794. The van der Waals surface area contributed by atoms with E-state index in [9.17, 15) is 0 Å². The van der Waals surface area contributed by atoms with Gasteiger partial charge in [0.05, 0.1) is 18.7 Å². The average Bonchev–Trinajstić information content (AvgIpc) is 2.68. The van der Waals surface area contributed by atoms with Gasteiger partial charge in [-0.15, -0.1) is 0 Å². The van der Waals surface area contributed by atoms with E-state index in [1.54, 1.807) is 0 Å². The largest absolute Gasteiger partial charge is 0.379 e. The van der Waals surface area contributed by atoms with Gasteiger partial charge in [0, 0.05) is 12.3 Å². The Bertz CT molecular complexity index is 424. The van der Waals surface area contributed by atoms with E-state index in [2.05, 4.69) is 22.0 Å². The maximum Gasteiger partial charge on any atom is 0.196 e. The summed E-state index contributed by atoms with van der Waals surface area (Å²) in [5, 5.41) is 0. The molecule has 0 amide bonds. The van der Waals surface area contributed by atoms with Crippen LogP contribution in [0.3, 0.4) is 0 Å². The maximum atomic E-state index is 6.04. The molecular formula is C13H17N3O. The van der Waals surface area contributed by atoms with Crippen molar-refractivity contribution >= 4 is 11.6 Å². The van der Waals surface area contributed by atoms with Crippen LogP contribution in [0.1, 0.15) is 12.8 Å². The molecule has 0 saturated carbocycles. The zero-order valence-corrected chi connectivity index (χ0v) is 9.80. The lowest BCUT2D eigenvalue weighted by molar-refractivity contribution is 0.0459. The molecule has 1 saturated heterocycles. The molecule has 1 unspecified atom stereocenters. The SMILES string of the molecule is NC1=NCC2(CCCOC2)N1c1ccccc1. The number of guanidine groups is 1. The Morgan fingerprint density at radius 2 is 2.12 bits per heavy atom. The summed E-state index contributed by atoms with van der Waals surface area (Å²) in [7, 11) is 0. The predicted molar refractivity (Wildman–Crippen MR) is 68.2 cm³/mol. The first kappa shape index (κ1) is 10.6. The molecule has 0 aromatic heterocycles. The molecule has 1 aromatic rings. The summed E-state index contributed by atoms with van der Waals surface area (Å²) in [6.45, 7) is 2.31. The van der Waals surface area contributed by atoms with Crippen LogP contribution in [-0.2, 0) is 4.74 Å². The van der Waals surface area contributed by atoms with Gasteiger partial charge in [-0.3, -0.25) is 4.99 Å². The molecule has 1 atom stereocenters. The van der Waals surface area contributed by atoms with Gasteiger partial charge in [0.2, 0.25) is 0 Å². The van der Waals surface area contributed by atoms with E-state index in [-0.39, 0.29) is 5.54 Å². The summed E-state index contributed by atoms with van der Waals surface area (Å²) in [5.41, 5.74) is 7.09. The first-order valence-electron chi connectivity index (χ1n) is 6.05. The topological polar surface area (TPSA) is 50.9 Å². The van der Waals surface area contributed by atoms with Crippen LogP contribution in [0, 0.1) is 0 Å².